The van der Waals surface area contributed by atoms with Crippen molar-refractivity contribution in [2.45, 2.75) is 6.36 Å². The van der Waals surface area contributed by atoms with Gasteiger partial charge in [0, 0.05) is 5.69 Å². The van der Waals surface area contributed by atoms with Crippen LogP contribution in [0.4, 0.5) is 23.6 Å². The van der Waals surface area contributed by atoms with Crippen LogP contribution in [0.1, 0.15) is 0 Å². The van der Waals surface area contributed by atoms with E-state index in [4.69, 9.17) is 5.73 Å². The van der Waals surface area contributed by atoms with Crippen LogP contribution in [-0.4, -0.2) is 6.36 Å². The maximum atomic E-state index is 11.6. The normalized spacial score (nSPS) is 10.4. The lowest BCUT2D eigenvalue weighted by molar-refractivity contribution is -0.274. The average molecular weight is 197 g/mol. The number of nitrogens with two attached hydrogens (primary N) is 1. The molecule has 0 saturated carbocycles. The SMILES string of the molecule is F.Nc1ccc(OC(F)(F)F)cc1. The number of anilines is 1. The Balaban J connectivity index is 0.00000144. The third-order valence-corrected chi connectivity index (χ3v) is 1.11. The van der Waals surface area contributed by atoms with Crippen molar-refractivity contribution in [3.63, 3.8) is 0 Å². The van der Waals surface area contributed by atoms with Crippen molar-refractivity contribution in [3.05, 3.63) is 24.3 Å². The molecule has 0 amide bonds. The minimum atomic E-state index is -4.64. The molecule has 0 bridgehead atoms. The predicted octanol–water partition coefficient (Wildman–Crippen LogP) is 2.32. The van der Waals surface area contributed by atoms with Crippen molar-refractivity contribution in [3.8, 4) is 5.75 Å². The summed E-state index contributed by atoms with van der Waals surface area (Å²) in [6.45, 7) is 0. The maximum Gasteiger partial charge on any atom is 0.573 e. The van der Waals surface area contributed by atoms with E-state index in [1.165, 1.54) is 12.1 Å². The molecule has 13 heavy (non-hydrogen) atoms. The summed E-state index contributed by atoms with van der Waals surface area (Å²) in [5.74, 6) is -0.267. The number of hydrogen-bond acceptors (Lipinski definition) is 2. The molecule has 1 aromatic rings. The van der Waals surface area contributed by atoms with Gasteiger partial charge >= 0.3 is 6.36 Å². The second-order valence-corrected chi connectivity index (χ2v) is 2.12. The van der Waals surface area contributed by atoms with E-state index in [-0.39, 0.29) is 10.5 Å². The largest absolute Gasteiger partial charge is 0.573 e. The molecule has 2 nitrogen and oxygen atoms in total. The molecular formula is C7H7F4NO. The van der Waals surface area contributed by atoms with Gasteiger partial charge in [0.2, 0.25) is 0 Å². The molecule has 1 rings (SSSR count). The molecule has 0 spiro atoms. The molecule has 0 aliphatic heterocycles. The Morgan fingerprint density at radius 3 is 1.92 bits per heavy atom. The Kier molecular flexibility index (Phi) is 3.53. The Morgan fingerprint density at radius 1 is 1.08 bits per heavy atom. The number of benzene rings is 1. The molecule has 0 unspecified atom stereocenters. The quantitative estimate of drug-likeness (QED) is 0.553. The summed E-state index contributed by atoms with van der Waals surface area (Å²) in [6, 6.07) is 4.98. The zero-order valence-corrected chi connectivity index (χ0v) is 6.34. The summed E-state index contributed by atoms with van der Waals surface area (Å²) in [6.07, 6.45) is -4.64. The van der Waals surface area contributed by atoms with Crippen LogP contribution in [-0.2, 0) is 0 Å². The number of halogens is 4. The van der Waals surface area contributed by atoms with E-state index in [9.17, 15) is 13.2 Å². The fraction of sp³-hybridized carbons (Fsp3) is 0.143. The van der Waals surface area contributed by atoms with Crippen LogP contribution in [0, 0.1) is 0 Å². The number of alkyl halides is 3. The molecule has 74 valence electrons. The standard InChI is InChI=1S/C7H6F3NO.FH/c8-7(9,10)12-6-3-1-5(11)2-4-6;/h1-4H,11H2;1H. The highest BCUT2D eigenvalue weighted by Crippen LogP contribution is 2.22. The minimum absolute atomic E-state index is 0. The van der Waals surface area contributed by atoms with Crippen molar-refractivity contribution in [2.24, 2.45) is 0 Å². The van der Waals surface area contributed by atoms with E-state index in [2.05, 4.69) is 4.74 Å². The average Bonchev–Trinajstić information content (AvgIpc) is 1.91. The molecule has 0 fully saturated rings. The van der Waals surface area contributed by atoms with Gasteiger partial charge in [0.15, 0.2) is 0 Å². The zero-order valence-electron chi connectivity index (χ0n) is 6.34. The van der Waals surface area contributed by atoms with E-state index < -0.39 is 6.36 Å². The molecule has 0 aliphatic rings. The van der Waals surface area contributed by atoms with Crippen LogP contribution in [0.25, 0.3) is 0 Å². The van der Waals surface area contributed by atoms with Gasteiger partial charge in [-0.25, -0.2) is 0 Å². The van der Waals surface area contributed by atoms with Gasteiger partial charge in [-0.1, -0.05) is 0 Å². The van der Waals surface area contributed by atoms with Gasteiger partial charge in [-0.2, -0.15) is 0 Å². The monoisotopic (exact) mass is 197 g/mol. The van der Waals surface area contributed by atoms with Crippen molar-refractivity contribution < 1.29 is 22.6 Å². The van der Waals surface area contributed by atoms with Gasteiger partial charge in [0.05, 0.1) is 0 Å². The third-order valence-electron chi connectivity index (χ3n) is 1.11. The predicted molar refractivity (Wildman–Crippen MR) is 40.0 cm³/mol. The lowest BCUT2D eigenvalue weighted by atomic mass is 10.3. The molecule has 2 N–H and O–H groups in total. The van der Waals surface area contributed by atoms with Crippen molar-refractivity contribution in [1.82, 2.24) is 0 Å². The van der Waals surface area contributed by atoms with E-state index in [0.29, 0.717) is 5.69 Å². The molecule has 0 heterocycles. The van der Waals surface area contributed by atoms with E-state index >= 15 is 0 Å². The molecule has 1 aromatic carbocycles. The highest BCUT2D eigenvalue weighted by atomic mass is 19.4. The molecular weight excluding hydrogens is 190 g/mol. The first kappa shape index (κ1) is 11.5. The molecule has 0 radical (unpaired) electrons. The fourth-order valence-electron chi connectivity index (χ4n) is 0.669. The number of ether oxygens (including phenoxy) is 1. The Morgan fingerprint density at radius 2 is 1.54 bits per heavy atom. The highest BCUT2D eigenvalue weighted by molar-refractivity contribution is 5.41. The Labute approximate surface area is 71.5 Å². The van der Waals surface area contributed by atoms with Crippen molar-refractivity contribution >= 4 is 5.69 Å². The van der Waals surface area contributed by atoms with Crippen LogP contribution in [0.3, 0.4) is 0 Å². The van der Waals surface area contributed by atoms with Crippen molar-refractivity contribution in [2.75, 3.05) is 5.73 Å². The molecule has 0 saturated heterocycles. The van der Waals surface area contributed by atoms with Gasteiger partial charge in [-0.05, 0) is 24.3 Å². The Bertz CT molecular complexity index is 256. The minimum Gasteiger partial charge on any atom is -0.406 e. The first-order chi connectivity index (χ1) is 5.47. The second-order valence-electron chi connectivity index (χ2n) is 2.12. The van der Waals surface area contributed by atoms with Crippen LogP contribution in [0.2, 0.25) is 0 Å². The summed E-state index contributed by atoms with van der Waals surface area (Å²) in [4.78, 5) is 0. The van der Waals surface area contributed by atoms with Gasteiger partial charge in [-0.15, -0.1) is 13.2 Å². The van der Waals surface area contributed by atoms with E-state index in [1.54, 1.807) is 0 Å². The zero-order chi connectivity index (χ0) is 9.19. The second kappa shape index (κ2) is 3.97. The van der Waals surface area contributed by atoms with Crippen LogP contribution in [0.15, 0.2) is 24.3 Å². The van der Waals surface area contributed by atoms with Gasteiger partial charge in [0.25, 0.3) is 0 Å². The van der Waals surface area contributed by atoms with E-state index in [0.717, 1.165) is 12.1 Å². The highest BCUT2D eigenvalue weighted by Gasteiger charge is 2.30. The van der Waals surface area contributed by atoms with Crippen molar-refractivity contribution in [1.29, 1.82) is 0 Å². The van der Waals surface area contributed by atoms with E-state index in [1.807, 2.05) is 0 Å². The summed E-state index contributed by atoms with van der Waals surface area (Å²) in [7, 11) is 0. The van der Waals surface area contributed by atoms with Crippen LogP contribution >= 0.6 is 0 Å². The first-order valence-electron chi connectivity index (χ1n) is 3.09. The molecule has 0 aromatic heterocycles. The molecule has 6 heteroatoms. The first-order valence-corrected chi connectivity index (χ1v) is 3.09. The van der Waals surface area contributed by atoms with Crippen LogP contribution in [0.5, 0.6) is 5.75 Å². The number of rotatable bonds is 1. The summed E-state index contributed by atoms with van der Waals surface area (Å²) in [5.41, 5.74) is 5.65. The van der Waals surface area contributed by atoms with Gasteiger partial charge in [-0.3, -0.25) is 4.70 Å². The van der Waals surface area contributed by atoms with Crippen LogP contribution < -0.4 is 10.5 Å². The fourth-order valence-corrected chi connectivity index (χ4v) is 0.669. The molecule has 0 aliphatic carbocycles. The van der Waals surface area contributed by atoms with Gasteiger partial charge < -0.3 is 10.5 Å². The number of nitrogen functional groups attached to an aromatic ring is 1. The lowest BCUT2D eigenvalue weighted by Crippen LogP contribution is -2.16. The lowest BCUT2D eigenvalue weighted by Gasteiger charge is -2.07. The summed E-state index contributed by atoms with van der Waals surface area (Å²) in [5, 5.41) is 0. The third kappa shape index (κ3) is 4.19. The Hall–Kier alpha value is -1.46. The topological polar surface area (TPSA) is 35.2 Å². The number of hydrogen-bond donors (Lipinski definition) is 1. The molecule has 0 atom stereocenters. The van der Waals surface area contributed by atoms with Gasteiger partial charge in [0.1, 0.15) is 5.75 Å². The smallest absolute Gasteiger partial charge is 0.406 e. The summed E-state index contributed by atoms with van der Waals surface area (Å²) < 4.78 is 38.4. The maximum absolute atomic E-state index is 11.6. The summed E-state index contributed by atoms with van der Waals surface area (Å²) >= 11 is 0.